The second kappa shape index (κ2) is 3.64. The molecular formula is C14H20O. The van der Waals surface area contributed by atoms with E-state index in [-0.39, 0.29) is 5.41 Å². The van der Waals surface area contributed by atoms with Gasteiger partial charge in [-0.05, 0) is 36.2 Å². The van der Waals surface area contributed by atoms with E-state index in [1.54, 1.807) is 0 Å². The molecule has 82 valence electrons. The molecule has 1 nitrogen and oxygen atoms in total. The second-order valence-corrected chi connectivity index (χ2v) is 5.33. The molecule has 0 saturated heterocycles. The molecule has 0 spiro atoms. The number of rotatable bonds is 3. The average Bonchev–Trinajstić information content (AvgIpc) is 2.91. The molecule has 1 fully saturated rings. The van der Waals surface area contributed by atoms with Gasteiger partial charge in [-0.25, -0.2) is 0 Å². The van der Waals surface area contributed by atoms with Crippen LogP contribution in [-0.2, 0) is 0 Å². The summed E-state index contributed by atoms with van der Waals surface area (Å²) in [5.74, 6) is 1.23. The third kappa shape index (κ3) is 1.93. The van der Waals surface area contributed by atoms with E-state index in [0.717, 1.165) is 0 Å². The van der Waals surface area contributed by atoms with Gasteiger partial charge in [-0.1, -0.05) is 43.7 Å². The molecule has 0 radical (unpaired) electrons. The molecule has 0 aliphatic heterocycles. The van der Waals surface area contributed by atoms with Gasteiger partial charge in [-0.3, -0.25) is 0 Å². The van der Waals surface area contributed by atoms with Crippen molar-refractivity contribution in [2.45, 2.75) is 33.1 Å². The van der Waals surface area contributed by atoms with Gasteiger partial charge in [0.2, 0.25) is 0 Å². The fourth-order valence-corrected chi connectivity index (χ4v) is 2.59. The zero-order chi connectivity index (χ0) is 11.1. The molecule has 1 aromatic carbocycles. The molecule has 0 bridgehead atoms. The standard InChI is InChI=1S/C14H20O/c1-10-5-4-6-12(7-10)11(2)13-8-14(13,3)9-15/h4-7,11,13,15H,8-9H2,1-3H3/t11?,13-,14+/m0/s1. The van der Waals surface area contributed by atoms with E-state index in [0.29, 0.717) is 18.4 Å². The van der Waals surface area contributed by atoms with E-state index >= 15 is 0 Å². The third-order valence-electron chi connectivity index (χ3n) is 3.95. The molecule has 1 aliphatic rings. The zero-order valence-corrected chi connectivity index (χ0v) is 9.83. The number of hydrogen-bond donors (Lipinski definition) is 1. The van der Waals surface area contributed by atoms with Crippen molar-refractivity contribution in [3.05, 3.63) is 35.4 Å². The van der Waals surface area contributed by atoms with Gasteiger partial charge in [0.1, 0.15) is 0 Å². The lowest BCUT2D eigenvalue weighted by Crippen LogP contribution is -2.08. The Kier molecular flexibility index (Phi) is 2.59. The summed E-state index contributed by atoms with van der Waals surface area (Å²) in [6.45, 7) is 6.92. The maximum absolute atomic E-state index is 9.29. The lowest BCUT2D eigenvalue weighted by Gasteiger charge is -2.15. The van der Waals surface area contributed by atoms with Gasteiger partial charge in [0, 0.05) is 6.61 Å². The van der Waals surface area contributed by atoms with Gasteiger partial charge in [0.15, 0.2) is 0 Å². The van der Waals surface area contributed by atoms with Crippen LogP contribution in [0.2, 0.25) is 0 Å². The number of aliphatic hydroxyl groups excluding tert-OH is 1. The second-order valence-electron chi connectivity index (χ2n) is 5.33. The lowest BCUT2D eigenvalue weighted by molar-refractivity contribution is 0.207. The highest BCUT2D eigenvalue weighted by molar-refractivity contribution is 5.27. The van der Waals surface area contributed by atoms with Crippen LogP contribution < -0.4 is 0 Å². The molecule has 0 heterocycles. The smallest absolute Gasteiger partial charge is 0.0487 e. The minimum atomic E-state index is 0.184. The number of aryl methyl sites for hydroxylation is 1. The van der Waals surface area contributed by atoms with E-state index in [9.17, 15) is 5.11 Å². The minimum Gasteiger partial charge on any atom is -0.396 e. The quantitative estimate of drug-likeness (QED) is 0.802. The van der Waals surface area contributed by atoms with Crippen molar-refractivity contribution < 1.29 is 5.11 Å². The highest BCUT2D eigenvalue weighted by Gasteiger charge is 2.52. The molecule has 3 atom stereocenters. The van der Waals surface area contributed by atoms with E-state index in [1.807, 2.05) is 0 Å². The molecule has 0 amide bonds. The van der Waals surface area contributed by atoms with Gasteiger partial charge in [-0.2, -0.15) is 0 Å². The van der Waals surface area contributed by atoms with Crippen molar-refractivity contribution in [2.75, 3.05) is 6.61 Å². The van der Waals surface area contributed by atoms with E-state index in [2.05, 4.69) is 45.0 Å². The maximum Gasteiger partial charge on any atom is 0.0487 e. The molecular weight excluding hydrogens is 184 g/mol. The summed E-state index contributed by atoms with van der Waals surface area (Å²) < 4.78 is 0. The van der Waals surface area contributed by atoms with E-state index in [1.165, 1.54) is 17.5 Å². The summed E-state index contributed by atoms with van der Waals surface area (Å²) in [4.78, 5) is 0. The summed E-state index contributed by atoms with van der Waals surface area (Å²) in [7, 11) is 0. The van der Waals surface area contributed by atoms with Crippen LogP contribution in [0.4, 0.5) is 0 Å². The van der Waals surface area contributed by atoms with Crippen molar-refractivity contribution in [1.82, 2.24) is 0 Å². The summed E-state index contributed by atoms with van der Waals surface area (Å²) in [6, 6.07) is 8.72. The Morgan fingerprint density at radius 1 is 1.53 bits per heavy atom. The average molecular weight is 204 g/mol. The molecule has 1 aromatic rings. The largest absolute Gasteiger partial charge is 0.396 e. The predicted octanol–water partition coefficient (Wildman–Crippen LogP) is 3.12. The Hall–Kier alpha value is -0.820. The van der Waals surface area contributed by atoms with Gasteiger partial charge in [-0.15, -0.1) is 0 Å². The monoisotopic (exact) mass is 204 g/mol. The zero-order valence-electron chi connectivity index (χ0n) is 9.83. The van der Waals surface area contributed by atoms with Gasteiger partial charge in [0.25, 0.3) is 0 Å². The maximum atomic E-state index is 9.29. The Labute approximate surface area is 92.1 Å². The van der Waals surface area contributed by atoms with Crippen LogP contribution in [0.15, 0.2) is 24.3 Å². The Morgan fingerprint density at radius 2 is 2.27 bits per heavy atom. The Morgan fingerprint density at radius 3 is 2.80 bits per heavy atom. The fraction of sp³-hybridized carbons (Fsp3) is 0.571. The highest BCUT2D eigenvalue weighted by atomic mass is 16.3. The minimum absolute atomic E-state index is 0.184. The Bertz CT molecular complexity index is 358. The molecule has 1 aliphatic carbocycles. The molecule has 1 unspecified atom stereocenters. The van der Waals surface area contributed by atoms with Crippen molar-refractivity contribution in [2.24, 2.45) is 11.3 Å². The highest BCUT2D eigenvalue weighted by Crippen LogP contribution is 2.58. The van der Waals surface area contributed by atoms with Crippen LogP contribution in [0.5, 0.6) is 0 Å². The van der Waals surface area contributed by atoms with E-state index < -0.39 is 0 Å². The van der Waals surface area contributed by atoms with Crippen LogP contribution in [0.3, 0.4) is 0 Å². The molecule has 1 heteroatoms. The van der Waals surface area contributed by atoms with Gasteiger partial charge >= 0.3 is 0 Å². The van der Waals surface area contributed by atoms with E-state index in [4.69, 9.17) is 0 Å². The van der Waals surface area contributed by atoms with Crippen molar-refractivity contribution >= 4 is 0 Å². The number of hydrogen-bond acceptors (Lipinski definition) is 1. The first kappa shape index (κ1) is 10.7. The van der Waals surface area contributed by atoms with Crippen molar-refractivity contribution in [3.63, 3.8) is 0 Å². The summed E-state index contributed by atoms with van der Waals surface area (Å²) in [5, 5.41) is 9.29. The van der Waals surface area contributed by atoms with Gasteiger partial charge < -0.3 is 5.11 Å². The molecule has 1 N–H and O–H groups in total. The molecule has 2 rings (SSSR count). The Balaban J connectivity index is 2.13. The SMILES string of the molecule is Cc1cccc(C(C)[C@@H]2C[C@]2(C)CO)c1. The fourth-order valence-electron chi connectivity index (χ4n) is 2.59. The van der Waals surface area contributed by atoms with Crippen molar-refractivity contribution in [1.29, 1.82) is 0 Å². The van der Waals surface area contributed by atoms with Crippen molar-refractivity contribution in [3.8, 4) is 0 Å². The number of aliphatic hydroxyl groups is 1. The summed E-state index contributed by atoms with van der Waals surface area (Å²) in [5.41, 5.74) is 2.92. The first-order valence-electron chi connectivity index (χ1n) is 5.74. The molecule has 1 saturated carbocycles. The first-order valence-corrected chi connectivity index (χ1v) is 5.74. The normalized spacial score (nSPS) is 31.3. The molecule has 15 heavy (non-hydrogen) atoms. The predicted molar refractivity (Wildman–Crippen MR) is 62.9 cm³/mol. The topological polar surface area (TPSA) is 20.2 Å². The lowest BCUT2D eigenvalue weighted by atomic mass is 9.91. The molecule has 0 aromatic heterocycles. The van der Waals surface area contributed by atoms with Crippen LogP contribution in [0.1, 0.15) is 37.3 Å². The van der Waals surface area contributed by atoms with Crippen LogP contribution in [0.25, 0.3) is 0 Å². The van der Waals surface area contributed by atoms with Crippen LogP contribution in [-0.4, -0.2) is 11.7 Å². The summed E-state index contributed by atoms with van der Waals surface area (Å²) >= 11 is 0. The van der Waals surface area contributed by atoms with Crippen LogP contribution in [0, 0.1) is 18.3 Å². The third-order valence-corrected chi connectivity index (χ3v) is 3.95. The number of benzene rings is 1. The van der Waals surface area contributed by atoms with Gasteiger partial charge in [0.05, 0.1) is 0 Å². The summed E-state index contributed by atoms with van der Waals surface area (Å²) in [6.07, 6.45) is 1.17. The van der Waals surface area contributed by atoms with Crippen LogP contribution >= 0.6 is 0 Å². The first-order chi connectivity index (χ1) is 7.07.